The Bertz CT molecular complexity index is 823. The highest BCUT2D eigenvalue weighted by Gasteiger charge is 2.15. The number of hydrogen-bond acceptors (Lipinski definition) is 3. The van der Waals surface area contributed by atoms with Gasteiger partial charge in [-0.3, -0.25) is 9.59 Å². The van der Waals surface area contributed by atoms with E-state index in [1.54, 1.807) is 11.8 Å². The van der Waals surface area contributed by atoms with Crippen LogP contribution in [0, 0.1) is 0 Å². The zero-order valence-corrected chi connectivity index (χ0v) is 20.3. The monoisotopic (exact) mass is 457 g/mol. The number of carbonyl (C=O) groups excluding carboxylic acids is 1. The van der Waals surface area contributed by atoms with Crippen molar-refractivity contribution in [3.63, 3.8) is 0 Å². The van der Waals surface area contributed by atoms with Crippen LogP contribution in [0.4, 0.5) is 0 Å². The third-order valence-corrected chi connectivity index (χ3v) is 6.91. The van der Waals surface area contributed by atoms with E-state index in [0.717, 1.165) is 17.7 Å². The summed E-state index contributed by atoms with van der Waals surface area (Å²) in [7, 11) is 0. The summed E-state index contributed by atoms with van der Waals surface area (Å²) in [4.78, 5) is 24.6. The Morgan fingerprint density at radius 1 is 0.875 bits per heavy atom. The van der Waals surface area contributed by atoms with E-state index >= 15 is 0 Å². The average molecular weight is 458 g/mol. The third-order valence-electron chi connectivity index (χ3n) is 5.75. The van der Waals surface area contributed by atoms with Crippen LogP contribution < -0.4 is 5.32 Å². The molecule has 2 aromatic rings. The summed E-state index contributed by atoms with van der Waals surface area (Å²) >= 11 is 1.67. The standard InChI is InChI=1S/C27H39NO3S/c1-2-3-4-5-6-7-8-9-10-15-26(29)28-24(17-19-27(30)31)21-32-25-18-16-22-13-11-12-14-23(22)20-25/h11-14,16,18,20,24H,2-10,15,17,19,21H2,1H3,(H,28,29)(H,30,31). The first kappa shape index (κ1) is 26.2. The van der Waals surface area contributed by atoms with E-state index in [-0.39, 0.29) is 18.4 Å². The van der Waals surface area contributed by atoms with Gasteiger partial charge in [0.1, 0.15) is 0 Å². The molecule has 0 radical (unpaired) electrons. The molecule has 1 amide bonds. The number of thioether (sulfide) groups is 1. The topological polar surface area (TPSA) is 66.4 Å². The number of amides is 1. The predicted octanol–water partition coefficient (Wildman–Crippen LogP) is 7.20. The van der Waals surface area contributed by atoms with E-state index < -0.39 is 5.97 Å². The number of carboxylic acid groups (broad SMARTS) is 1. The van der Waals surface area contributed by atoms with Gasteiger partial charge in [0.15, 0.2) is 0 Å². The SMILES string of the molecule is CCCCCCCCCCCC(=O)NC(CCC(=O)O)CSc1ccc2ccccc2c1. The van der Waals surface area contributed by atoms with Gasteiger partial charge < -0.3 is 10.4 Å². The van der Waals surface area contributed by atoms with Gasteiger partial charge in [0, 0.05) is 29.5 Å². The zero-order chi connectivity index (χ0) is 23.0. The summed E-state index contributed by atoms with van der Waals surface area (Å²) < 4.78 is 0. The van der Waals surface area contributed by atoms with Crippen molar-refractivity contribution in [2.75, 3.05) is 5.75 Å². The molecule has 0 saturated heterocycles. The van der Waals surface area contributed by atoms with Crippen LogP contribution in [0.5, 0.6) is 0 Å². The van der Waals surface area contributed by atoms with Gasteiger partial charge in [0.25, 0.3) is 0 Å². The van der Waals surface area contributed by atoms with Gasteiger partial charge >= 0.3 is 5.97 Å². The zero-order valence-electron chi connectivity index (χ0n) is 19.5. The smallest absolute Gasteiger partial charge is 0.303 e. The molecule has 0 fully saturated rings. The van der Waals surface area contributed by atoms with Crippen LogP contribution in [0.15, 0.2) is 47.4 Å². The van der Waals surface area contributed by atoms with Crippen LogP contribution in [0.1, 0.15) is 84.0 Å². The summed E-state index contributed by atoms with van der Waals surface area (Å²) in [5.74, 6) is -0.101. The molecular formula is C27H39NO3S. The van der Waals surface area contributed by atoms with Crippen molar-refractivity contribution in [3.05, 3.63) is 42.5 Å². The molecule has 0 heterocycles. The Labute approximate surface area is 197 Å². The second kappa shape index (κ2) is 15.7. The molecule has 5 heteroatoms. The number of nitrogens with one attached hydrogen (secondary N) is 1. The summed E-state index contributed by atoms with van der Waals surface area (Å²) in [5.41, 5.74) is 0. The lowest BCUT2D eigenvalue weighted by atomic mass is 10.1. The lowest BCUT2D eigenvalue weighted by Gasteiger charge is -2.18. The van der Waals surface area contributed by atoms with Gasteiger partial charge in [-0.05, 0) is 35.7 Å². The maximum atomic E-state index is 12.4. The first-order chi connectivity index (χ1) is 15.6. The number of carboxylic acids is 1. The molecule has 0 aromatic heterocycles. The molecule has 0 spiro atoms. The van der Waals surface area contributed by atoms with Crippen molar-refractivity contribution in [2.24, 2.45) is 0 Å². The molecule has 0 saturated carbocycles. The van der Waals surface area contributed by atoms with Crippen molar-refractivity contribution >= 4 is 34.4 Å². The van der Waals surface area contributed by atoms with Crippen molar-refractivity contribution in [1.82, 2.24) is 5.32 Å². The number of fused-ring (bicyclic) bond motifs is 1. The van der Waals surface area contributed by atoms with Gasteiger partial charge in [-0.25, -0.2) is 0 Å². The summed E-state index contributed by atoms with van der Waals surface area (Å²) in [6, 6.07) is 14.4. The highest BCUT2D eigenvalue weighted by Crippen LogP contribution is 2.25. The molecular weight excluding hydrogens is 418 g/mol. The average Bonchev–Trinajstić information content (AvgIpc) is 2.79. The Balaban J connectivity index is 1.71. The molecule has 4 nitrogen and oxygen atoms in total. The maximum absolute atomic E-state index is 12.4. The highest BCUT2D eigenvalue weighted by molar-refractivity contribution is 7.99. The van der Waals surface area contributed by atoms with Crippen LogP contribution in [0.2, 0.25) is 0 Å². The number of benzene rings is 2. The lowest BCUT2D eigenvalue weighted by Crippen LogP contribution is -2.37. The Kier molecular flexibility index (Phi) is 12.9. The third kappa shape index (κ3) is 11.0. The van der Waals surface area contributed by atoms with Gasteiger partial charge in [-0.15, -0.1) is 11.8 Å². The second-order valence-corrected chi connectivity index (χ2v) is 9.69. The molecule has 2 N–H and O–H groups in total. The number of carbonyl (C=O) groups is 2. The molecule has 1 atom stereocenters. The van der Waals surface area contributed by atoms with E-state index in [1.807, 2.05) is 12.1 Å². The minimum atomic E-state index is -0.820. The van der Waals surface area contributed by atoms with E-state index in [0.29, 0.717) is 18.6 Å². The normalized spacial score (nSPS) is 12.0. The summed E-state index contributed by atoms with van der Waals surface area (Å²) in [6.45, 7) is 2.24. The predicted molar refractivity (Wildman–Crippen MR) is 135 cm³/mol. The minimum absolute atomic E-state index is 0.0439. The van der Waals surface area contributed by atoms with Crippen molar-refractivity contribution in [1.29, 1.82) is 0 Å². The van der Waals surface area contributed by atoms with Gasteiger partial charge in [-0.1, -0.05) is 88.6 Å². The Hall–Kier alpha value is -2.01. The fourth-order valence-electron chi connectivity index (χ4n) is 3.84. The van der Waals surface area contributed by atoms with E-state index in [1.165, 1.54) is 55.7 Å². The summed E-state index contributed by atoms with van der Waals surface area (Å²) in [6.07, 6.45) is 12.1. The lowest BCUT2D eigenvalue weighted by molar-refractivity contribution is -0.137. The van der Waals surface area contributed by atoms with Crippen LogP contribution in [-0.4, -0.2) is 28.8 Å². The molecule has 0 aliphatic rings. The second-order valence-electron chi connectivity index (χ2n) is 8.60. The van der Waals surface area contributed by atoms with E-state index in [9.17, 15) is 9.59 Å². The molecule has 32 heavy (non-hydrogen) atoms. The fraction of sp³-hybridized carbons (Fsp3) is 0.556. The van der Waals surface area contributed by atoms with Crippen LogP contribution in [-0.2, 0) is 9.59 Å². The maximum Gasteiger partial charge on any atom is 0.303 e. The van der Waals surface area contributed by atoms with Gasteiger partial charge in [0.2, 0.25) is 5.91 Å². The van der Waals surface area contributed by atoms with Gasteiger partial charge in [-0.2, -0.15) is 0 Å². The number of aliphatic carboxylic acids is 1. The fourth-order valence-corrected chi connectivity index (χ4v) is 4.86. The molecule has 1 unspecified atom stereocenters. The molecule has 0 bridgehead atoms. The molecule has 0 aliphatic carbocycles. The van der Waals surface area contributed by atoms with E-state index in [4.69, 9.17) is 5.11 Å². The number of hydrogen-bond donors (Lipinski definition) is 2. The largest absolute Gasteiger partial charge is 0.481 e. The molecule has 2 rings (SSSR count). The van der Waals surface area contributed by atoms with Gasteiger partial charge in [0.05, 0.1) is 0 Å². The summed E-state index contributed by atoms with van der Waals surface area (Å²) in [5, 5.41) is 14.5. The first-order valence-corrected chi connectivity index (χ1v) is 13.2. The minimum Gasteiger partial charge on any atom is -0.481 e. The number of unbranched alkanes of at least 4 members (excludes halogenated alkanes) is 8. The Morgan fingerprint density at radius 3 is 2.22 bits per heavy atom. The van der Waals surface area contributed by atoms with Crippen molar-refractivity contribution in [3.8, 4) is 0 Å². The number of rotatable bonds is 17. The highest BCUT2D eigenvalue weighted by atomic mass is 32.2. The van der Waals surface area contributed by atoms with Crippen LogP contribution in [0.3, 0.4) is 0 Å². The van der Waals surface area contributed by atoms with Crippen LogP contribution in [0.25, 0.3) is 10.8 Å². The van der Waals surface area contributed by atoms with Crippen molar-refractivity contribution in [2.45, 2.75) is 94.9 Å². The molecule has 0 aliphatic heterocycles. The quantitative estimate of drug-likeness (QED) is 0.195. The molecule has 2 aromatic carbocycles. The Morgan fingerprint density at radius 2 is 1.53 bits per heavy atom. The molecule has 176 valence electrons. The first-order valence-electron chi connectivity index (χ1n) is 12.2. The van der Waals surface area contributed by atoms with Crippen LogP contribution >= 0.6 is 11.8 Å². The van der Waals surface area contributed by atoms with E-state index in [2.05, 4.69) is 42.6 Å². The van der Waals surface area contributed by atoms with Crippen molar-refractivity contribution < 1.29 is 14.7 Å².